The Hall–Kier alpha value is -0.395. The molecule has 1 aliphatic heterocycles. The Bertz CT molecular complexity index is 267. The molecular weight excluding hydrogens is 233 g/mol. The molecule has 1 rings (SSSR count). The molecule has 0 spiro atoms. The first kappa shape index (κ1) is 17.6. The Labute approximate surface area is 110 Å². The quantitative estimate of drug-likeness (QED) is 0.516. The van der Waals surface area contributed by atoms with Crippen LogP contribution < -0.4 is 0 Å². The van der Waals surface area contributed by atoms with E-state index in [0.29, 0.717) is 0 Å². The Morgan fingerprint density at radius 3 is 1.78 bits per heavy atom. The van der Waals surface area contributed by atoms with E-state index in [0.717, 1.165) is 25.0 Å². The van der Waals surface area contributed by atoms with Crippen LogP contribution in [-0.2, 0) is 0 Å². The van der Waals surface area contributed by atoms with Gasteiger partial charge < -0.3 is 25.2 Å². The molecule has 0 fully saturated rings. The van der Waals surface area contributed by atoms with Crippen LogP contribution in [0.3, 0.4) is 0 Å². The summed E-state index contributed by atoms with van der Waals surface area (Å²) in [7, 11) is 0.769. The molecule has 0 saturated heterocycles. The molecule has 0 aliphatic carbocycles. The van der Waals surface area contributed by atoms with Gasteiger partial charge in [0.1, 0.15) is 0 Å². The molecule has 0 bridgehead atoms. The van der Waals surface area contributed by atoms with Crippen molar-refractivity contribution < 1.29 is 20.3 Å². The predicted octanol–water partition coefficient (Wildman–Crippen LogP) is -0.211. The van der Waals surface area contributed by atoms with Gasteiger partial charge in [-0.15, -0.1) is 0 Å². The number of nitrogens with zero attached hydrogens (tertiary/aromatic N) is 1. The Morgan fingerprint density at radius 2 is 1.56 bits per heavy atom. The Kier molecular flexibility index (Phi) is 6.53. The Balaban J connectivity index is 0.000000331. The Morgan fingerprint density at radius 1 is 1.11 bits per heavy atom. The molecule has 6 heteroatoms. The third kappa shape index (κ3) is 6.51. The van der Waals surface area contributed by atoms with Crippen molar-refractivity contribution in [3.05, 3.63) is 11.5 Å². The fourth-order valence-electron chi connectivity index (χ4n) is 1.02. The van der Waals surface area contributed by atoms with Crippen LogP contribution in [-0.4, -0.2) is 63.6 Å². The lowest BCUT2D eigenvalue weighted by molar-refractivity contribution is -0.107. The third-order valence-electron chi connectivity index (χ3n) is 3.28. The largest absolute Gasteiger partial charge is 0.483 e. The van der Waals surface area contributed by atoms with Gasteiger partial charge in [-0.3, -0.25) is 0 Å². The topological polar surface area (TPSA) is 84.2 Å². The van der Waals surface area contributed by atoms with Crippen LogP contribution in [0.1, 0.15) is 34.1 Å². The molecule has 106 valence electrons. The summed E-state index contributed by atoms with van der Waals surface area (Å²) in [6.45, 7) is 8.05. The molecule has 0 aromatic rings. The van der Waals surface area contributed by atoms with Crippen molar-refractivity contribution in [3.8, 4) is 0 Å². The molecule has 0 unspecified atom stereocenters. The summed E-state index contributed by atoms with van der Waals surface area (Å²) in [5, 5.41) is 35.7. The van der Waals surface area contributed by atoms with Crippen LogP contribution in [0.4, 0.5) is 0 Å². The number of hydrogen-bond donors (Lipinski definition) is 4. The molecule has 0 radical (unpaired) electrons. The minimum Gasteiger partial charge on any atom is -0.423 e. The predicted molar refractivity (Wildman–Crippen MR) is 73.0 cm³/mol. The van der Waals surface area contributed by atoms with E-state index in [2.05, 4.69) is 4.90 Å². The lowest BCUT2D eigenvalue weighted by Crippen LogP contribution is -2.44. The second kappa shape index (κ2) is 6.68. The zero-order valence-corrected chi connectivity index (χ0v) is 12.0. The number of aliphatic hydroxyl groups is 2. The average Bonchev–Trinajstić information content (AvgIpc) is 2.16. The van der Waals surface area contributed by atoms with Crippen LogP contribution in [0.25, 0.3) is 0 Å². The molecule has 5 nitrogen and oxygen atoms in total. The van der Waals surface area contributed by atoms with Crippen LogP contribution >= 0.6 is 0 Å². The van der Waals surface area contributed by atoms with E-state index < -0.39 is 18.3 Å². The highest BCUT2D eigenvalue weighted by Crippen LogP contribution is 2.19. The van der Waals surface area contributed by atoms with Crippen LogP contribution in [0.5, 0.6) is 0 Å². The molecule has 4 N–H and O–H groups in total. The zero-order valence-electron chi connectivity index (χ0n) is 12.0. The van der Waals surface area contributed by atoms with Gasteiger partial charge in [0, 0.05) is 13.1 Å². The van der Waals surface area contributed by atoms with Gasteiger partial charge in [0.2, 0.25) is 0 Å². The fraction of sp³-hybridized carbons (Fsp3) is 0.833. The summed E-state index contributed by atoms with van der Waals surface area (Å²) in [5.74, 6) is 0. The molecule has 18 heavy (non-hydrogen) atoms. The average molecular weight is 259 g/mol. The summed E-state index contributed by atoms with van der Waals surface area (Å²) in [5.41, 5.74) is -1.27. The van der Waals surface area contributed by atoms with Crippen molar-refractivity contribution in [1.82, 2.24) is 4.90 Å². The summed E-state index contributed by atoms with van der Waals surface area (Å²) >= 11 is 0. The van der Waals surface area contributed by atoms with Gasteiger partial charge in [-0.2, -0.15) is 0 Å². The maximum Gasteiger partial charge on any atom is 0.483 e. The summed E-state index contributed by atoms with van der Waals surface area (Å²) in [4.78, 5) is 2.13. The second-order valence-corrected chi connectivity index (χ2v) is 5.78. The highest BCUT2D eigenvalue weighted by molar-refractivity contribution is 6.50. The van der Waals surface area contributed by atoms with E-state index in [1.54, 1.807) is 27.7 Å². The fourth-order valence-corrected chi connectivity index (χ4v) is 1.02. The SMILES string of the molecule is CC(C)(O)C(C)(C)O.CN1CC=C(B(O)O)CC1. The molecule has 1 heterocycles. The van der Waals surface area contributed by atoms with Gasteiger partial charge in [0.15, 0.2) is 0 Å². The summed E-state index contributed by atoms with van der Waals surface area (Å²) < 4.78 is 0. The molecule has 0 aromatic heterocycles. The maximum absolute atomic E-state index is 9.10. The van der Waals surface area contributed by atoms with Crippen molar-refractivity contribution in [2.45, 2.75) is 45.3 Å². The van der Waals surface area contributed by atoms with E-state index >= 15 is 0 Å². The van der Waals surface area contributed by atoms with E-state index in [1.807, 2.05) is 13.1 Å². The minimum absolute atomic E-state index is 0.748. The molecular formula is C12H26BNO4. The first-order chi connectivity index (χ1) is 7.95. The lowest BCUT2D eigenvalue weighted by atomic mass is 9.76. The number of likely N-dealkylation sites (N-methyl/N-ethyl adjacent to an activating group) is 1. The molecule has 0 atom stereocenters. The van der Waals surface area contributed by atoms with Crippen LogP contribution in [0.2, 0.25) is 0 Å². The first-order valence-corrected chi connectivity index (χ1v) is 6.13. The molecule has 0 aromatic carbocycles. The van der Waals surface area contributed by atoms with Gasteiger partial charge in [-0.1, -0.05) is 6.08 Å². The normalized spacial score (nSPS) is 17.7. The van der Waals surface area contributed by atoms with Crippen molar-refractivity contribution in [2.75, 3.05) is 20.1 Å². The summed E-state index contributed by atoms with van der Waals surface area (Å²) in [6, 6.07) is 0. The van der Waals surface area contributed by atoms with Crippen molar-refractivity contribution in [1.29, 1.82) is 0 Å². The standard InChI is InChI=1S/C6H12BNO2.C6H14O2/c1-8-4-2-6(3-5-8)7(9)10;1-5(2,7)6(3,4)8/h2,9-10H,3-5H2,1H3;7-8H,1-4H3. The van der Waals surface area contributed by atoms with Crippen molar-refractivity contribution >= 4 is 7.12 Å². The monoisotopic (exact) mass is 259 g/mol. The van der Waals surface area contributed by atoms with E-state index in [-0.39, 0.29) is 0 Å². The number of hydrogen-bond acceptors (Lipinski definition) is 5. The smallest absolute Gasteiger partial charge is 0.423 e. The minimum atomic E-state index is -1.24. The van der Waals surface area contributed by atoms with E-state index in [4.69, 9.17) is 20.3 Å². The summed E-state index contributed by atoms with van der Waals surface area (Å²) in [6.07, 6.45) is 2.64. The maximum atomic E-state index is 9.10. The van der Waals surface area contributed by atoms with Crippen molar-refractivity contribution in [2.24, 2.45) is 0 Å². The first-order valence-electron chi connectivity index (χ1n) is 6.13. The number of rotatable bonds is 2. The van der Waals surface area contributed by atoms with Crippen LogP contribution in [0, 0.1) is 0 Å². The molecule has 0 amide bonds. The van der Waals surface area contributed by atoms with Gasteiger partial charge in [-0.25, -0.2) is 0 Å². The van der Waals surface area contributed by atoms with Gasteiger partial charge in [0.05, 0.1) is 11.2 Å². The highest BCUT2D eigenvalue weighted by Gasteiger charge is 2.31. The van der Waals surface area contributed by atoms with E-state index in [9.17, 15) is 0 Å². The lowest BCUT2D eigenvalue weighted by Gasteiger charge is -2.31. The highest BCUT2D eigenvalue weighted by atomic mass is 16.4. The van der Waals surface area contributed by atoms with Crippen LogP contribution in [0.15, 0.2) is 11.5 Å². The van der Waals surface area contributed by atoms with Gasteiger partial charge >= 0.3 is 7.12 Å². The zero-order chi connectivity index (χ0) is 14.6. The molecule has 1 aliphatic rings. The van der Waals surface area contributed by atoms with Gasteiger partial charge in [-0.05, 0) is 46.6 Å². The van der Waals surface area contributed by atoms with E-state index in [1.165, 1.54) is 0 Å². The van der Waals surface area contributed by atoms with Crippen molar-refractivity contribution in [3.63, 3.8) is 0 Å². The van der Waals surface area contributed by atoms with Gasteiger partial charge in [0.25, 0.3) is 0 Å². The third-order valence-corrected chi connectivity index (χ3v) is 3.28. The second-order valence-electron chi connectivity index (χ2n) is 5.78. The molecule has 0 saturated carbocycles.